The van der Waals surface area contributed by atoms with Crippen molar-refractivity contribution in [1.29, 1.82) is 0 Å². The number of nitrogens with zero attached hydrogens (tertiary/aromatic N) is 3. The average Bonchev–Trinajstić information content (AvgIpc) is 3.29. The van der Waals surface area contributed by atoms with E-state index in [1.54, 1.807) is 32.2 Å². The number of aromatic nitrogens is 2. The molecule has 0 aliphatic heterocycles. The molecule has 0 N–H and O–H groups in total. The second kappa shape index (κ2) is 8.75. The van der Waals surface area contributed by atoms with E-state index >= 15 is 0 Å². The highest BCUT2D eigenvalue weighted by atomic mass is 16.5. The van der Waals surface area contributed by atoms with Crippen LogP contribution in [0.1, 0.15) is 6.92 Å². The van der Waals surface area contributed by atoms with Crippen LogP contribution in [0.15, 0.2) is 85.1 Å². The van der Waals surface area contributed by atoms with Crippen LogP contribution in [-0.2, 0) is 4.79 Å². The molecule has 6 nitrogen and oxygen atoms in total. The predicted octanol–water partition coefficient (Wildman–Crippen LogP) is 5.24. The third kappa shape index (κ3) is 4.00. The van der Waals surface area contributed by atoms with Gasteiger partial charge < -0.3 is 9.47 Å². The Morgan fingerprint density at radius 2 is 1.58 bits per heavy atom. The van der Waals surface area contributed by atoms with E-state index in [0.29, 0.717) is 5.75 Å². The zero-order valence-corrected chi connectivity index (χ0v) is 17.6. The number of hydrogen-bond acceptors (Lipinski definition) is 4. The lowest BCUT2D eigenvalue weighted by atomic mass is 10.1. The van der Waals surface area contributed by atoms with Crippen molar-refractivity contribution >= 4 is 17.3 Å². The quantitative estimate of drug-likeness (QED) is 0.434. The van der Waals surface area contributed by atoms with E-state index in [1.807, 2.05) is 83.5 Å². The molecular weight excluding hydrogens is 390 g/mol. The molecule has 0 saturated heterocycles. The third-order valence-corrected chi connectivity index (χ3v) is 5.01. The van der Waals surface area contributed by atoms with Crippen LogP contribution in [0, 0.1) is 0 Å². The Labute approximate surface area is 181 Å². The number of anilines is 2. The van der Waals surface area contributed by atoms with Gasteiger partial charge in [-0.1, -0.05) is 18.2 Å². The SMILES string of the molecule is COc1ccc(-c2ccnn2-c2ccc(N(C(C)=O)c3ccccc3)cc2)c(OC)c1. The molecule has 0 fully saturated rings. The van der Waals surface area contributed by atoms with Crippen molar-refractivity contribution in [3.63, 3.8) is 0 Å². The molecular formula is C25H23N3O3. The number of ether oxygens (including phenoxy) is 2. The number of para-hydroxylation sites is 1. The molecule has 0 aliphatic carbocycles. The van der Waals surface area contributed by atoms with E-state index in [2.05, 4.69) is 5.10 Å². The van der Waals surface area contributed by atoms with Gasteiger partial charge in [-0.2, -0.15) is 5.10 Å². The lowest BCUT2D eigenvalue weighted by Crippen LogP contribution is -2.22. The highest BCUT2D eigenvalue weighted by Crippen LogP contribution is 2.34. The highest BCUT2D eigenvalue weighted by molar-refractivity contribution is 5.99. The van der Waals surface area contributed by atoms with E-state index in [4.69, 9.17) is 9.47 Å². The van der Waals surface area contributed by atoms with Gasteiger partial charge in [-0.05, 0) is 54.6 Å². The molecule has 0 spiro atoms. The second-order valence-corrected chi connectivity index (χ2v) is 6.90. The van der Waals surface area contributed by atoms with Crippen molar-refractivity contribution in [3.05, 3.63) is 85.1 Å². The van der Waals surface area contributed by atoms with E-state index in [1.165, 1.54) is 0 Å². The number of rotatable bonds is 6. The van der Waals surface area contributed by atoms with Gasteiger partial charge in [-0.25, -0.2) is 4.68 Å². The lowest BCUT2D eigenvalue weighted by Gasteiger charge is -2.21. The Hall–Kier alpha value is -4.06. The summed E-state index contributed by atoms with van der Waals surface area (Å²) in [5.74, 6) is 1.37. The van der Waals surface area contributed by atoms with Crippen molar-refractivity contribution in [1.82, 2.24) is 9.78 Å². The number of methoxy groups -OCH3 is 2. The van der Waals surface area contributed by atoms with Crippen LogP contribution in [0.4, 0.5) is 11.4 Å². The molecule has 156 valence electrons. The minimum absolute atomic E-state index is 0.0540. The Bertz CT molecular complexity index is 1180. The van der Waals surface area contributed by atoms with Crippen molar-refractivity contribution < 1.29 is 14.3 Å². The summed E-state index contributed by atoms with van der Waals surface area (Å²) in [6.07, 6.45) is 1.75. The smallest absolute Gasteiger partial charge is 0.228 e. The molecule has 1 heterocycles. The van der Waals surface area contributed by atoms with Crippen LogP contribution in [0.25, 0.3) is 16.9 Å². The van der Waals surface area contributed by atoms with Gasteiger partial charge >= 0.3 is 0 Å². The number of carbonyl (C=O) groups excluding carboxylic acids is 1. The van der Waals surface area contributed by atoms with Crippen molar-refractivity contribution in [2.24, 2.45) is 0 Å². The summed E-state index contributed by atoms with van der Waals surface area (Å²) in [4.78, 5) is 14.0. The fourth-order valence-corrected chi connectivity index (χ4v) is 3.56. The molecule has 0 saturated carbocycles. The molecule has 3 aromatic carbocycles. The van der Waals surface area contributed by atoms with Crippen LogP contribution in [0.3, 0.4) is 0 Å². The average molecular weight is 413 g/mol. The van der Waals surface area contributed by atoms with Crippen LogP contribution in [0.5, 0.6) is 11.5 Å². The Balaban J connectivity index is 1.71. The molecule has 0 radical (unpaired) electrons. The summed E-state index contributed by atoms with van der Waals surface area (Å²) < 4.78 is 12.7. The Morgan fingerprint density at radius 1 is 0.871 bits per heavy atom. The maximum absolute atomic E-state index is 12.3. The number of amides is 1. The first-order valence-corrected chi connectivity index (χ1v) is 9.85. The zero-order chi connectivity index (χ0) is 21.8. The van der Waals surface area contributed by atoms with Crippen LogP contribution < -0.4 is 14.4 Å². The Kier molecular flexibility index (Phi) is 5.71. The fourth-order valence-electron chi connectivity index (χ4n) is 3.56. The number of hydrogen-bond donors (Lipinski definition) is 0. The molecule has 0 atom stereocenters. The summed E-state index contributed by atoms with van der Waals surface area (Å²) >= 11 is 0. The molecule has 6 heteroatoms. The summed E-state index contributed by atoms with van der Waals surface area (Å²) in [6.45, 7) is 1.56. The van der Waals surface area contributed by atoms with Crippen LogP contribution in [0.2, 0.25) is 0 Å². The molecule has 4 aromatic rings. The molecule has 4 rings (SSSR count). The van der Waals surface area contributed by atoms with Gasteiger partial charge in [0.1, 0.15) is 11.5 Å². The topological polar surface area (TPSA) is 56.6 Å². The molecule has 1 aromatic heterocycles. The van der Waals surface area contributed by atoms with Crippen LogP contribution >= 0.6 is 0 Å². The van der Waals surface area contributed by atoms with Gasteiger partial charge in [0.15, 0.2) is 0 Å². The van der Waals surface area contributed by atoms with Crippen molar-refractivity contribution in [2.45, 2.75) is 6.92 Å². The number of carbonyl (C=O) groups is 1. The van der Waals surface area contributed by atoms with Gasteiger partial charge in [0.2, 0.25) is 5.91 Å². The summed E-state index contributed by atoms with van der Waals surface area (Å²) in [6, 6.07) is 24.9. The molecule has 31 heavy (non-hydrogen) atoms. The first kappa shape index (κ1) is 20.2. The van der Waals surface area contributed by atoms with Gasteiger partial charge in [0.25, 0.3) is 0 Å². The lowest BCUT2D eigenvalue weighted by molar-refractivity contribution is -0.115. The largest absolute Gasteiger partial charge is 0.497 e. The minimum Gasteiger partial charge on any atom is -0.497 e. The van der Waals surface area contributed by atoms with Gasteiger partial charge in [0, 0.05) is 29.9 Å². The predicted molar refractivity (Wildman–Crippen MR) is 121 cm³/mol. The zero-order valence-electron chi connectivity index (χ0n) is 17.6. The van der Waals surface area contributed by atoms with E-state index in [-0.39, 0.29) is 5.91 Å². The second-order valence-electron chi connectivity index (χ2n) is 6.90. The normalized spacial score (nSPS) is 10.5. The maximum atomic E-state index is 12.3. The van der Waals surface area contributed by atoms with Gasteiger partial charge in [-0.3, -0.25) is 9.69 Å². The van der Waals surface area contributed by atoms with Crippen molar-refractivity contribution in [2.75, 3.05) is 19.1 Å². The van der Waals surface area contributed by atoms with E-state index < -0.39 is 0 Å². The molecule has 1 amide bonds. The standard InChI is InChI=1S/C25H23N3O3/c1-18(29)27(19-7-5-4-6-8-19)20-9-11-21(12-10-20)28-24(15-16-26-28)23-14-13-22(30-2)17-25(23)31-3/h4-17H,1-3H3. The van der Waals surface area contributed by atoms with Gasteiger partial charge in [-0.15, -0.1) is 0 Å². The first-order valence-electron chi connectivity index (χ1n) is 9.85. The van der Waals surface area contributed by atoms with Crippen molar-refractivity contribution in [3.8, 4) is 28.4 Å². The first-order chi connectivity index (χ1) is 15.1. The summed E-state index contributed by atoms with van der Waals surface area (Å²) in [5.41, 5.74) is 4.28. The molecule has 0 aliphatic rings. The fraction of sp³-hybridized carbons (Fsp3) is 0.120. The highest BCUT2D eigenvalue weighted by Gasteiger charge is 2.16. The Morgan fingerprint density at radius 3 is 2.23 bits per heavy atom. The monoisotopic (exact) mass is 413 g/mol. The van der Waals surface area contributed by atoms with E-state index in [9.17, 15) is 4.79 Å². The third-order valence-electron chi connectivity index (χ3n) is 5.01. The molecule has 0 bridgehead atoms. The van der Waals surface area contributed by atoms with Gasteiger partial charge in [0.05, 0.1) is 31.8 Å². The van der Waals surface area contributed by atoms with E-state index in [0.717, 1.165) is 34.1 Å². The summed E-state index contributed by atoms with van der Waals surface area (Å²) in [7, 11) is 3.26. The maximum Gasteiger partial charge on any atom is 0.228 e. The molecule has 0 unspecified atom stereocenters. The minimum atomic E-state index is -0.0540. The summed E-state index contributed by atoms with van der Waals surface area (Å²) in [5, 5.41) is 4.50. The van der Waals surface area contributed by atoms with Crippen LogP contribution in [-0.4, -0.2) is 29.9 Å². The number of benzene rings is 3.